The number of fused-ring (bicyclic) bond motifs is 1. The van der Waals surface area contributed by atoms with Crippen LogP contribution in [0.2, 0.25) is 0 Å². The van der Waals surface area contributed by atoms with Gasteiger partial charge in [0.2, 0.25) is 0 Å². The Morgan fingerprint density at radius 3 is 2.63 bits per heavy atom. The normalized spacial score (nSPS) is 10.4. The second-order valence-electron chi connectivity index (χ2n) is 4.05. The van der Waals surface area contributed by atoms with Crippen LogP contribution in [0.4, 0.5) is 0 Å². The van der Waals surface area contributed by atoms with Crippen LogP contribution in [-0.2, 0) is 6.54 Å². The molecule has 5 heteroatoms. The Morgan fingerprint density at radius 1 is 1.21 bits per heavy atom. The Kier molecular flexibility index (Phi) is 4.92. The molecule has 0 bridgehead atoms. The maximum Gasteiger partial charge on any atom is 0.169 e. The summed E-state index contributed by atoms with van der Waals surface area (Å²) < 4.78 is 4.46. The van der Waals surface area contributed by atoms with Crippen molar-refractivity contribution in [2.45, 2.75) is 13.5 Å². The molecule has 0 spiro atoms. The largest absolute Gasteiger partial charge is 1.00 e. The van der Waals surface area contributed by atoms with Gasteiger partial charge < -0.3 is 24.0 Å². The molecule has 0 unspecified atom stereocenters. The average Bonchev–Trinajstić information content (AvgIpc) is 2.81. The lowest BCUT2D eigenvalue weighted by Crippen LogP contribution is -3.00. The first-order valence-electron chi connectivity index (χ1n) is 5.82. The van der Waals surface area contributed by atoms with Gasteiger partial charge in [0.1, 0.15) is 11.6 Å². The topological polar surface area (TPSA) is 16.8 Å². The van der Waals surface area contributed by atoms with Crippen LogP contribution in [0.15, 0.2) is 47.2 Å². The number of rotatable bonds is 2. The van der Waals surface area contributed by atoms with Crippen LogP contribution in [-0.4, -0.2) is 4.98 Å². The molecule has 2 heterocycles. The number of aromatic nitrogens is 2. The van der Waals surface area contributed by atoms with E-state index in [4.69, 9.17) is 0 Å². The summed E-state index contributed by atoms with van der Waals surface area (Å²) in [4.78, 5) is 4.67. The SMILES string of the molecule is CC[n+]1ccc(-c2nc3ccc(Br)cc3s2)cc1.[I-]. The van der Waals surface area contributed by atoms with Gasteiger partial charge in [0.25, 0.3) is 0 Å². The number of aryl methyl sites for hydroxylation is 1. The van der Waals surface area contributed by atoms with Crippen molar-refractivity contribution in [1.29, 1.82) is 0 Å². The molecular weight excluding hydrogens is 435 g/mol. The van der Waals surface area contributed by atoms with E-state index in [1.165, 1.54) is 10.3 Å². The molecule has 3 aromatic rings. The van der Waals surface area contributed by atoms with Crippen LogP contribution in [0, 0.1) is 0 Å². The molecule has 0 aliphatic carbocycles. The lowest BCUT2D eigenvalue weighted by Gasteiger charge is -1.94. The van der Waals surface area contributed by atoms with E-state index in [1.807, 2.05) is 6.07 Å². The number of pyridine rings is 1. The molecule has 0 N–H and O–H groups in total. The number of nitrogens with zero attached hydrogens (tertiary/aromatic N) is 2. The van der Waals surface area contributed by atoms with Crippen LogP contribution < -0.4 is 28.5 Å². The lowest BCUT2D eigenvalue weighted by atomic mass is 10.3. The molecule has 1 aromatic carbocycles. The molecule has 19 heavy (non-hydrogen) atoms. The van der Waals surface area contributed by atoms with Gasteiger partial charge in [-0.3, -0.25) is 0 Å². The van der Waals surface area contributed by atoms with E-state index in [9.17, 15) is 0 Å². The molecule has 0 fully saturated rings. The first-order valence-corrected chi connectivity index (χ1v) is 7.43. The van der Waals surface area contributed by atoms with Gasteiger partial charge in [-0.2, -0.15) is 0 Å². The number of halogens is 2. The second-order valence-corrected chi connectivity index (χ2v) is 5.99. The van der Waals surface area contributed by atoms with E-state index in [2.05, 4.69) is 69.1 Å². The monoisotopic (exact) mass is 446 g/mol. The van der Waals surface area contributed by atoms with E-state index in [0.717, 1.165) is 21.5 Å². The molecule has 0 atom stereocenters. The van der Waals surface area contributed by atoms with Crippen LogP contribution in [0.5, 0.6) is 0 Å². The van der Waals surface area contributed by atoms with E-state index >= 15 is 0 Å². The van der Waals surface area contributed by atoms with Crippen molar-refractivity contribution in [2.24, 2.45) is 0 Å². The summed E-state index contributed by atoms with van der Waals surface area (Å²) in [7, 11) is 0. The van der Waals surface area contributed by atoms with E-state index in [1.54, 1.807) is 11.3 Å². The molecule has 0 saturated heterocycles. The average molecular weight is 447 g/mol. The summed E-state index contributed by atoms with van der Waals surface area (Å²) >= 11 is 5.22. The van der Waals surface area contributed by atoms with E-state index in [0.29, 0.717) is 0 Å². The minimum absolute atomic E-state index is 0. The van der Waals surface area contributed by atoms with E-state index in [-0.39, 0.29) is 24.0 Å². The predicted molar refractivity (Wildman–Crippen MR) is 78.6 cm³/mol. The number of benzene rings is 1. The van der Waals surface area contributed by atoms with Crippen molar-refractivity contribution >= 4 is 37.5 Å². The van der Waals surface area contributed by atoms with Gasteiger partial charge >= 0.3 is 0 Å². The standard InChI is InChI=1S/C14H12BrN2S.HI/c1-2-17-7-5-10(6-8-17)14-16-12-4-3-11(15)9-13(12)18-14;/h3-9H,2H2,1H3;1H/q+1;/p-1. The van der Waals surface area contributed by atoms with Gasteiger partial charge in [0.15, 0.2) is 12.4 Å². The zero-order valence-corrected chi connectivity index (χ0v) is 14.9. The Bertz CT molecular complexity index is 694. The molecule has 3 rings (SSSR count). The molecule has 0 radical (unpaired) electrons. The maximum atomic E-state index is 4.67. The van der Waals surface area contributed by atoms with Crippen LogP contribution in [0.3, 0.4) is 0 Å². The van der Waals surface area contributed by atoms with Crippen LogP contribution >= 0.6 is 27.3 Å². The molecule has 98 valence electrons. The first kappa shape index (κ1) is 14.9. The molecule has 2 aromatic heterocycles. The quantitative estimate of drug-likeness (QED) is 0.424. The van der Waals surface area contributed by atoms with Crippen molar-refractivity contribution in [3.63, 3.8) is 0 Å². The Morgan fingerprint density at radius 2 is 1.95 bits per heavy atom. The summed E-state index contributed by atoms with van der Waals surface area (Å²) in [6.45, 7) is 3.13. The molecular formula is C14H12BrIN2S. The van der Waals surface area contributed by atoms with Gasteiger partial charge in [0.05, 0.1) is 10.2 Å². The number of hydrogen-bond donors (Lipinski definition) is 0. The zero-order valence-electron chi connectivity index (χ0n) is 10.3. The van der Waals surface area contributed by atoms with Crippen molar-refractivity contribution in [3.05, 3.63) is 47.2 Å². The van der Waals surface area contributed by atoms with E-state index < -0.39 is 0 Å². The molecule has 2 nitrogen and oxygen atoms in total. The third-order valence-electron chi connectivity index (χ3n) is 2.85. The Labute approximate surface area is 141 Å². The second kappa shape index (κ2) is 6.28. The minimum atomic E-state index is 0. The highest BCUT2D eigenvalue weighted by Crippen LogP contribution is 2.31. The smallest absolute Gasteiger partial charge is 0.169 e. The number of hydrogen-bond acceptors (Lipinski definition) is 2. The van der Waals surface area contributed by atoms with Crippen molar-refractivity contribution in [3.8, 4) is 10.6 Å². The Hall–Kier alpha value is -0.530. The van der Waals surface area contributed by atoms with Gasteiger partial charge in [-0.25, -0.2) is 9.55 Å². The third kappa shape index (κ3) is 3.14. The third-order valence-corrected chi connectivity index (χ3v) is 4.41. The van der Waals surface area contributed by atoms with Crippen molar-refractivity contribution in [2.75, 3.05) is 0 Å². The summed E-state index contributed by atoms with van der Waals surface area (Å²) in [6, 6.07) is 10.4. The summed E-state index contributed by atoms with van der Waals surface area (Å²) in [5.41, 5.74) is 2.24. The maximum absolute atomic E-state index is 4.67. The highest BCUT2D eigenvalue weighted by molar-refractivity contribution is 9.10. The highest BCUT2D eigenvalue weighted by atomic mass is 127. The first-order chi connectivity index (χ1) is 8.76. The van der Waals surface area contributed by atoms with Gasteiger partial charge in [-0.15, -0.1) is 11.3 Å². The van der Waals surface area contributed by atoms with Crippen molar-refractivity contribution < 1.29 is 28.5 Å². The zero-order chi connectivity index (χ0) is 12.5. The van der Waals surface area contributed by atoms with Gasteiger partial charge in [-0.1, -0.05) is 15.9 Å². The Balaban J connectivity index is 0.00000133. The summed E-state index contributed by atoms with van der Waals surface area (Å²) in [5, 5.41) is 1.08. The molecule has 0 amide bonds. The van der Waals surface area contributed by atoms with Gasteiger partial charge in [-0.05, 0) is 25.1 Å². The van der Waals surface area contributed by atoms with Crippen LogP contribution in [0.1, 0.15) is 6.92 Å². The number of thiazole rings is 1. The molecule has 0 aliphatic heterocycles. The lowest BCUT2D eigenvalue weighted by molar-refractivity contribution is -0.693. The minimum Gasteiger partial charge on any atom is -1.00 e. The fraction of sp³-hybridized carbons (Fsp3) is 0.143. The fourth-order valence-electron chi connectivity index (χ4n) is 1.83. The highest BCUT2D eigenvalue weighted by Gasteiger charge is 2.08. The predicted octanol–water partition coefficient (Wildman–Crippen LogP) is 1.04. The van der Waals surface area contributed by atoms with Crippen LogP contribution in [0.25, 0.3) is 20.8 Å². The van der Waals surface area contributed by atoms with Crippen molar-refractivity contribution in [1.82, 2.24) is 4.98 Å². The molecule has 0 aliphatic rings. The van der Waals surface area contributed by atoms with Gasteiger partial charge in [0, 0.05) is 22.2 Å². The summed E-state index contributed by atoms with van der Waals surface area (Å²) in [6.07, 6.45) is 4.19. The fourth-order valence-corrected chi connectivity index (χ4v) is 3.36. The molecule has 0 saturated carbocycles. The summed E-state index contributed by atoms with van der Waals surface area (Å²) in [5.74, 6) is 0.